The number of aromatic nitrogens is 1. The van der Waals surface area contributed by atoms with E-state index in [1.54, 1.807) is 0 Å². The van der Waals surface area contributed by atoms with Crippen molar-refractivity contribution in [2.75, 3.05) is 5.73 Å². The zero-order valence-electron chi connectivity index (χ0n) is 7.85. The molecule has 1 aromatic heterocycles. The Morgan fingerprint density at radius 2 is 1.75 bits per heavy atom. The van der Waals surface area contributed by atoms with Gasteiger partial charge >= 0.3 is 0 Å². The molecule has 2 N–H and O–H groups in total. The third-order valence-corrected chi connectivity index (χ3v) is 2.13. The zero-order chi connectivity index (χ0) is 11.9. The van der Waals surface area contributed by atoms with Crippen LogP contribution in [0, 0.1) is 11.6 Å². The summed E-state index contributed by atoms with van der Waals surface area (Å²) < 4.78 is 51.3. The van der Waals surface area contributed by atoms with Crippen LogP contribution in [0.1, 0.15) is 12.1 Å². The molecule has 6 heteroatoms. The summed E-state index contributed by atoms with van der Waals surface area (Å²) in [6, 6.07) is 2.53. The lowest BCUT2D eigenvalue weighted by Gasteiger charge is -2.07. The Morgan fingerprint density at radius 1 is 1.12 bits per heavy atom. The van der Waals surface area contributed by atoms with Crippen molar-refractivity contribution >= 4 is 16.6 Å². The molecule has 0 saturated heterocycles. The molecule has 0 aliphatic heterocycles. The van der Waals surface area contributed by atoms with Crippen LogP contribution in [0.15, 0.2) is 18.2 Å². The van der Waals surface area contributed by atoms with E-state index in [0.29, 0.717) is 0 Å². The Hall–Kier alpha value is -1.85. The minimum Gasteiger partial charge on any atom is -0.398 e. The molecule has 2 nitrogen and oxygen atoms in total. The van der Waals surface area contributed by atoms with Gasteiger partial charge in [0, 0.05) is 5.69 Å². The summed E-state index contributed by atoms with van der Waals surface area (Å²) in [4.78, 5) is 3.35. The van der Waals surface area contributed by atoms with Gasteiger partial charge in [-0.05, 0) is 18.2 Å². The first-order valence-electron chi connectivity index (χ1n) is 4.33. The molecule has 1 aromatic carbocycles. The average molecular weight is 230 g/mol. The Balaban J connectivity index is 2.86. The van der Waals surface area contributed by atoms with E-state index in [9.17, 15) is 17.6 Å². The topological polar surface area (TPSA) is 38.9 Å². The maximum absolute atomic E-state index is 13.3. The highest BCUT2D eigenvalue weighted by Crippen LogP contribution is 2.28. The fourth-order valence-electron chi connectivity index (χ4n) is 1.43. The molecular formula is C10H6F4N2. The van der Waals surface area contributed by atoms with Gasteiger partial charge in [0.2, 0.25) is 0 Å². The van der Waals surface area contributed by atoms with E-state index >= 15 is 0 Å². The number of hydrogen-bond acceptors (Lipinski definition) is 2. The standard InChI is InChI=1S/C10H6F4N2/c11-4-1-2-5(12)9-8(4)6(15)3-7(16-9)10(13)14/h1-3,10H,(H2,15,16). The molecule has 0 atom stereocenters. The van der Waals surface area contributed by atoms with Crippen molar-refractivity contribution in [3.05, 3.63) is 35.5 Å². The van der Waals surface area contributed by atoms with Crippen LogP contribution in [0.3, 0.4) is 0 Å². The summed E-state index contributed by atoms with van der Waals surface area (Å²) in [6.07, 6.45) is -2.88. The monoisotopic (exact) mass is 230 g/mol. The fourth-order valence-corrected chi connectivity index (χ4v) is 1.43. The second-order valence-electron chi connectivity index (χ2n) is 3.19. The van der Waals surface area contributed by atoms with Crippen molar-refractivity contribution in [3.8, 4) is 0 Å². The molecule has 16 heavy (non-hydrogen) atoms. The molecular weight excluding hydrogens is 224 g/mol. The van der Waals surface area contributed by atoms with Crippen LogP contribution in [-0.4, -0.2) is 4.98 Å². The predicted molar refractivity (Wildman–Crippen MR) is 51.0 cm³/mol. The third kappa shape index (κ3) is 1.56. The molecule has 0 bridgehead atoms. The first-order valence-corrected chi connectivity index (χ1v) is 4.33. The summed E-state index contributed by atoms with van der Waals surface area (Å²) in [7, 11) is 0. The van der Waals surface area contributed by atoms with Crippen LogP contribution < -0.4 is 5.73 Å². The molecule has 0 fully saturated rings. The second kappa shape index (κ2) is 3.62. The summed E-state index contributed by atoms with van der Waals surface area (Å²) in [5, 5.41) is -0.274. The van der Waals surface area contributed by atoms with E-state index in [1.165, 1.54) is 0 Å². The third-order valence-electron chi connectivity index (χ3n) is 2.13. The van der Waals surface area contributed by atoms with Crippen LogP contribution in [0.2, 0.25) is 0 Å². The van der Waals surface area contributed by atoms with Crippen molar-refractivity contribution in [1.29, 1.82) is 0 Å². The quantitative estimate of drug-likeness (QED) is 0.764. The molecule has 0 amide bonds. The van der Waals surface area contributed by atoms with E-state index in [1.807, 2.05) is 0 Å². The lowest BCUT2D eigenvalue weighted by molar-refractivity contribution is 0.146. The first kappa shape index (κ1) is 10.7. The highest BCUT2D eigenvalue weighted by molar-refractivity contribution is 5.91. The molecule has 0 aliphatic rings. The van der Waals surface area contributed by atoms with Gasteiger partial charge in [0.15, 0.2) is 0 Å². The average Bonchev–Trinajstić information content (AvgIpc) is 2.22. The SMILES string of the molecule is Nc1cc(C(F)F)nc2c(F)ccc(F)c12. The number of pyridine rings is 1. The highest BCUT2D eigenvalue weighted by Gasteiger charge is 2.16. The molecule has 0 spiro atoms. The number of nitrogens with zero attached hydrogens (tertiary/aromatic N) is 1. The Bertz CT molecular complexity index is 554. The van der Waals surface area contributed by atoms with Crippen LogP contribution in [-0.2, 0) is 0 Å². The van der Waals surface area contributed by atoms with Gasteiger partial charge in [0.25, 0.3) is 6.43 Å². The Morgan fingerprint density at radius 3 is 2.38 bits per heavy atom. The van der Waals surface area contributed by atoms with E-state index in [0.717, 1.165) is 18.2 Å². The number of anilines is 1. The second-order valence-corrected chi connectivity index (χ2v) is 3.19. The van der Waals surface area contributed by atoms with Gasteiger partial charge in [-0.25, -0.2) is 22.5 Å². The number of fused-ring (bicyclic) bond motifs is 1. The summed E-state index contributed by atoms with van der Waals surface area (Å²) in [5.41, 5.74) is 3.98. The normalized spacial score (nSPS) is 11.3. The summed E-state index contributed by atoms with van der Waals surface area (Å²) in [5.74, 6) is -1.67. The first-order chi connectivity index (χ1) is 7.50. The van der Waals surface area contributed by atoms with Crippen molar-refractivity contribution in [2.45, 2.75) is 6.43 Å². The summed E-state index contributed by atoms with van der Waals surface area (Å²) >= 11 is 0. The number of nitrogen functional groups attached to an aromatic ring is 1. The van der Waals surface area contributed by atoms with Gasteiger partial charge < -0.3 is 5.73 Å². The lowest BCUT2D eigenvalue weighted by Crippen LogP contribution is -1.99. The lowest BCUT2D eigenvalue weighted by atomic mass is 10.1. The molecule has 0 aliphatic carbocycles. The van der Waals surface area contributed by atoms with E-state index < -0.39 is 29.3 Å². The van der Waals surface area contributed by atoms with Gasteiger partial charge in [0.1, 0.15) is 22.8 Å². The predicted octanol–water partition coefficient (Wildman–Crippen LogP) is 3.03. The van der Waals surface area contributed by atoms with Crippen LogP contribution >= 0.6 is 0 Å². The van der Waals surface area contributed by atoms with Gasteiger partial charge in [0.05, 0.1) is 5.39 Å². The van der Waals surface area contributed by atoms with Gasteiger partial charge in [-0.1, -0.05) is 0 Å². The van der Waals surface area contributed by atoms with E-state index in [-0.39, 0.29) is 11.1 Å². The number of benzene rings is 1. The van der Waals surface area contributed by atoms with Crippen molar-refractivity contribution in [2.24, 2.45) is 0 Å². The van der Waals surface area contributed by atoms with Crippen molar-refractivity contribution in [3.63, 3.8) is 0 Å². The smallest absolute Gasteiger partial charge is 0.280 e. The van der Waals surface area contributed by atoms with Gasteiger partial charge in [-0.3, -0.25) is 0 Å². The maximum Gasteiger partial charge on any atom is 0.280 e. The highest BCUT2D eigenvalue weighted by atomic mass is 19.3. The van der Waals surface area contributed by atoms with E-state index in [4.69, 9.17) is 5.73 Å². The Labute approximate surface area is 87.7 Å². The fraction of sp³-hybridized carbons (Fsp3) is 0.100. The molecule has 2 rings (SSSR count). The number of nitrogens with two attached hydrogens (primary N) is 1. The van der Waals surface area contributed by atoms with Gasteiger partial charge in [-0.2, -0.15) is 0 Å². The number of alkyl halides is 2. The van der Waals surface area contributed by atoms with Gasteiger partial charge in [-0.15, -0.1) is 0 Å². The minimum absolute atomic E-state index is 0.252. The molecule has 0 unspecified atom stereocenters. The number of rotatable bonds is 1. The van der Waals surface area contributed by atoms with Crippen LogP contribution in [0.5, 0.6) is 0 Å². The van der Waals surface area contributed by atoms with Crippen molar-refractivity contribution in [1.82, 2.24) is 4.98 Å². The van der Waals surface area contributed by atoms with E-state index in [2.05, 4.69) is 4.98 Å². The number of halogens is 4. The van der Waals surface area contributed by atoms with Crippen LogP contribution in [0.4, 0.5) is 23.2 Å². The maximum atomic E-state index is 13.3. The van der Waals surface area contributed by atoms with Crippen LogP contribution in [0.25, 0.3) is 10.9 Å². The zero-order valence-corrected chi connectivity index (χ0v) is 7.85. The van der Waals surface area contributed by atoms with Crippen molar-refractivity contribution < 1.29 is 17.6 Å². The Kier molecular flexibility index (Phi) is 2.41. The molecule has 84 valence electrons. The molecule has 1 heterocycles. The molecule has 2 aromatic rings. The minimum atomic E-state index is -2.88. The molecule has 0 radical (unpaired) electrons. The summed E-state index contributed by atoms with van der Waals surface area (Å²) in [6.45, 7) is 0. The molecule has 0 saturated carbocycles. The number of hydrogen-bond donors (Lipinski definition) is 1. The largest absolute Gasteiger partial charge is 0.398 e.